The van der Waals surface area contributed by atoms with E-state index in [2.05, 4.69) is 10.2 Å². The van der Waals surface area contributed by atoms with Crippen LogP contribution in [0.1, 0.15) is 11.5 Å². The van der Waals surface area contributed by atoms with Crippen LogP contribution in [0.2, 0.25) is 0 Å². The Hall–Kier alpha value is -2.82. The lowest BCUT2D eigenvalue weighted by atomic mass is 10.2. The summed E-state index contributed by atoms with van der Waals surface area (Å²) in [6.45, 7) is 1.88. The molecule has 4 aromatic rings. The standard InChI is InChI=1S/C20H20N4O4S2/c1-14-17(11-12-27-14)19-21-22-20(24(19)15-7-5-4-6-8-15)29-13-16-9-10-18(28-16)30(25,26)23(2)3/h4-12H,13H2,1-3H3. The molecular weight excluding hydrogens is 424 g/mol. The van der Waals surface area contributed by atoms with Crippen molar-refractivity contribution in [3.63, 3.8) is 0 Å². The number of hydrogen-bond donors (Lipinski definition) is 0. The third kappa shape index (κ3) is 3.81. The zero-order valence-electron chi connectivity index (χ0n) is 16.6. The van der Waals surface area contributed by atoms with Gasteiger partial charge in [0.05, 0.1) is 17.6 Å². The summed E-state index contributed by atoms with van der Waals surface area (Å²) in [4.78, 5) is 0. The number of aromatic nitrogens is 3. The number of furan rings is 2. The van der Waals surface area contributed by atoms with Crippen molar-refractivity contribution in [2.24, 2.45) is 0 Å². The molecule has 0 atom stereocenters. The Morgan fingerprint density at radius 3 is 2.50 bits per heavy atom. The number of benzene rings is 1. The fourth-order valence-corrected chi connectivity index (χ4v) is 4.51. The van der Waals surface area contributed by atoms with Crippen LogP contribution in [0.4, 0.5) is 0 Å². The van der Waals surface area contributed by atoms with Crippen molar-refractivity contribution in [3.05, 3.63) is 66.3 Å². The van der Waals surface area contributed by atoms with Gasteiger partial charge >= 0.3 is 0 Å². The fraction of sp³-hybridized carbons (Fsp3) is 0.200. The monoisotopic (exact) mass is 444 g/mol. The first kappa shape index (κ1) is 20.5. The van der Waals surface area contributed by atoms with E-state index in [0.717, 1.165) is 21.3 Å². The summed E-state index contributed by atoms with van der Waals surface area (Å²) < 4.78 is 38.5. The molecule has 3 heterocycles. The van der Waals surface area contributed by atoms with Crippen LogP contribution in [0.3, 0.4) is 0 Å². The lowest BCUT2D eigenvalue weighted by Crippen LogP contribution is -2.21. The summed E-state index contributed by atoms with van der Waals surface area (Å²) in [7, 11) is -0.674. The van der Waals surface area contributed by atoms with Gasteiger partial charge in [-0.15, -0.1) is 10.2 Å². The molecule has 10 heteroatoms. The van der Waals surface area contributed by atoms with Gasteiger partial charge in [0.25, 0.3) is 10.0 Å². The number of rotatable bonds is 7. The Kier molecular flexibility index (Phi) is 5.54. The molecule has 0 aliphatic heterocycles. The minimum absolute atomic E-state index is 0.0812. The van der Waals surface area contributed by atoms with Gasteiger partial charge in [-0.05, 0) is 37.3 Å². The highest BCUT2D eigenvalue weighted by molar-refractivity contribution is 7.98. The maximum Gasteiger partial charge on any atom is 0.275 e. The van der Waals surface area contributed by atoms with Gasteiger partial charge in [0.1, 0.15) is 11.5 Å². The summed E-state index contributed by atoms with van der Waals surface area (Å²) in [6.07, 6.45) is 1.62. The molecule has 8 nitrogen and oxygen atoms in total. The maximum atomic E-state index is 12.2. The molecule has 0 aliphatic rings. The summed E-state index contributed by atoms with van der Waals surface area (Å²) in [5.41, 5.74) is 1.77. The van der Waals surface area contributed by atoms with Crippen LogP contribution in [-0.2, 0) is 15.8 Å². The highest BCUT2D eigenvalue weighted by atomic mass is 32.2. The Labute approximate surface area is 178 Å². The van der Waals surface area contributed by atoms with E-state index in [1.807, 2.05) is 47.9 Å². The van der Waals surface area contributed by atoms with E-state index in [4.69, 9.17) is 8.83 Å². The third-order valence-corrected chi connectivity index (χ3v) is 7.10. The Balaban J connectivity index is 1.65. The normalized spacial score (nSPS) is 12.0. The van der Waals surface area contributed by atoms with E-state index in [9.17, 15) is 8.42 Å². The van der Waals surface area contributed by atoms with Crippen molar-refractivity contribution < 1.29 is 17.3 Å². The fourth-order valence-electron chi connectivity index (χ4n) is 2.85. The smallest absolute Gasteiger partial charge is 0.275 e. The molecule has 0 unspecified atom stereocenters. The first-order chi connectivity index (χ1) is 14.4. The largest absolute Gasteiger partial charge is 0.469 e. The Morgan fingerprint density at radius 2 is 1.83 bits per heavy atom. The lowest BCUT2D eigenvalue weighted by Gasteiger charge is -2.09. The Bertz CT molecular complexity index is 1260. The molecule has 0 bridgehead atoms. The van der Waals surface area contributed by atoms with Crippen molar-refractivity contribution in [1.29, 1.82) is 0 Å². The minimum Gasteiger partial charge on any atom is -0.469 e. The summed E-state index contributed by atoms with van der Waals surface area (Å²) >= 11 is 1.41. The third-order valence-electron chi connectivity index (χ3n) is 4.46. The molecule has 156 valence electrons. The average Bonchev–Trinajstić information content (AvgIpc) is 3.46. The number of thioether (sulfide) groups is 1. The second kappa shape index (κ2) is 8.13. The molecule has 0 N–H and O–H groups in total. The van der Waals surface area contributed by atoms with Gasteiger partial charge in [0.15, 0.2) is 11.0 Å². The molecule has 0 radical (unpaired) electrons. The van der Waals surface area contributed by atoms with Crippen LogP contribution in [0.15, 0.2) is 73.9 Å². The van der Waals surface area contributed by atoms with E-state index in [1.165, 1.54) is 31.9 Å². The maximum absolute atomic E-state index is 12.2. The molecular formula is C20H20N4O4S2. The van der Waals surface area contributed by atoms with Crippen molar-refractivity contribution in [2.45, 2.75) is 22.9 Å². The molecule has 3 aromatic heterocycles. The number of nitrogens with zero attached hydrogens (tertiary/aromatic N) is 4. The highest BCUT2D eigenvalue weighted by Crippen LogP contribution is 2.32. The molecule has 0 saturated heterocycles. The zero-order valence-corrected chi connectivity index (χ0v) is 18.3. The number of hydrogen-bond acceptors (Lipinski definition) is 7. The van der Waals surface area contributed by atoms with Crippen molar-refractivity contribution in [2.75, 3.05) is 14.1 Å². The summed E-state index contributed by atoms with van der Waals surface area (Å²) in [5, 5.41) is 9.31. The predicted molar refractivity (Wildman–Crippen MR) is 113 cm³/mol. The van der Waals surface area contributed by atoms with Crippen LogP contribution < -0.4 is 0 Å². The van der Waals surface area contributed by atoms with Gasteiger partial charge in [-0.2, -0.15) is 0 Å². The quantitative estimate of drug-likeness (QED) is 0.398. The van der Waals surface area contributed by atoms with Gasteiger partial charge in [-0.25, -0.2) is 12.7 Å². The summed E-state index contributed by atoms with van der Waals surface area (Å²) in [5.74, 6) is 2.35. The predicted octanol–water partition coefficient (Wildman–Crippen LogP) is 3.97. The second-order valence-electron chi connectivity index (χ2n) is 6.66. The first-order valence-electron chi connectivity index (χ1n) is 9.07. The topological polar surface area (TPSA) is 94.4 Å². The van der Waals surface area contributed by atoms with Crippen LogP contribution in [-0.4, -0.2) is 41.6 Å². The van der Waals surface area contributed by atoms with Gasteiger partial charge in [0, 0.05) is 19.8 Å². The molecule has 0 saturated carbocycles. The minimum atomic E-state index is -3.61. The van der Waals surface area contributed by atoms with Gasteiger partial charge < -0.3 is 8.83 Å². The lowest BCUT2D eigenvalue weighted by molar-refractivity contribution is 0.408. The number of aryl methyl sites for hydroxylation is 1. The van der Waals surface area contributed by atoms with Crippen LogP contribution >= 0.6 is 11.8 Å². The van der Waals surface area contributed by atoms with Crippen LogP contribution in [0.5, 0.6) is 0 Å². The molecule has 4 rings (SSSR count). The van der Waals surface area contributed by atoms with Crippen LogP contribution in [0.25, 0.3) is 17.1 Å². The molecule has 1 aromatic carbocycles. The van der Waals surface area contributed by atoms with E-state index in [0.29, 0.717) is 22.5 Å². The van der Waals surface area contributed by atoms with Crippen molar-refractivity contribution >= 4 is 21.8 Å². The average molecular weight is 445 g/mol. The van der Waals surface area contributed by atoms with Gasteiger partial charge in [-0.1, -0.05) is 30.0 Å². The summed E-state index contributed by atoms with van der Waals surface area (Å²) in [6, 6.07) is 14.8. The zero-order chi connectivity index (χ0) is 21.3. The van der Waals surface area contributed by atoms with Crippen LogP contribution in [0, 0.1) is 6.92 Å². The number of para-hydroxylation sites is 1. The molecule has 0 aliphatic carbocycles. The van der Waals surface area contributed by atoms with E-state index in [1.54, 1.807) is 12.3 Å². The molecule has 0 spiro atoms. The SMILES string of the molecule is Cc1occc1-c1nnc(SCc2ccc(S(=O)(=O)N(C)C)o2)n1-c1ccccc1. The van der Waals surface area contributed by atoms with E-state index < -0.39 is 10.0 Å². The van der Waals surface area contributed by atoms with E-state index >= 15 is 0 Å². The van der Waals surface area contributed by atoms with Gasteiger partial charge in [0.2, 0.25) is 5.09 Å². The van der Waals surface area contributed by atoms with E-state index in [-0.39, 0.29) is 5.09 Å². The molecule has 0 fully saturated rings. The van der Waals surface area contributed by atoms with Crippen molar-refractivity contribution in [3.8, 4) is 17.1 Å². The molecule has 0 amide bonds. The number of sulfonamides is 1. The first-order valence-corrected chi connectivity index (χ1v) is 11.5. The molecule has 30 heavy (non-hydrogen) atoms. The van der Waals surface area contributed by atoms with Crippen molar-refractivity contribution in [1.82, 2.24) is 19.1 Å². The van der Waals surface area contributed by atoms with Gasteiger partial charge in [-0.3, -0.25) is 4.57 Å². The Morgan fingerprint density at radius 1 is 1.07 bits per heavy atom. The highest BCUT2D eigenvalue weighted by Gasteiger charge is 2.23. The second-order valence-corrected chi connectivity index (χ2v) is 9.69.